The number of carboxylic acids is 1. The molecular weight excluding hydrogens is 530 g/mol. The number of anilines is 1. The third kappa shape index (κ3) is 6.34. The number of nitrogens with zero attached hydrogens (tertiary/aromatic N) is 3. The molecule has 5 rings (SSSR count). The van der Waals surface area contributed by atoms with Crippen molar-refractivity contribution in [3.05, 3.63) is 88.8 Å². The average molecular weight is 570 g/mol. The zero-order valence-electron chi connectivity index (χ0n) is 24.9. The fourth-order valence-corrected chi connectivity index (χ4v) is 5.68. The maximum absolute atomic E-state index is 12.7. The molecule has 0 unspecified atom stereocenters. The molecule has 0 bridgehead atoms. The zero-order chi connectivity index (χ0) is 29.9. The lowest BCUT2D eigenvalue weighted by atomic mass is 9.77. The molecule has 8 nitrogen and oxygen atoms in total. The van der Waals surface area contributed by atoms with Gasteiger partial charge < -0.3 is 14.3 Å². The van der Waals surface area contributed by atoms with Crippen LogP contribution in [0.25, 0.3) is 17.0 Å². The molecule has 0 saturated carbocycles. The fraction of sp³-hybridized carbons (Fsp3) is 0.382. The van der Waals surface area contributed by atoms with Gasteiger partial charge in [0.2, 0.25) is 5.89 Å². The average Bonchev–Trinajstić information content (AvgIpc) is 3.43. The molecule has 2 aliphatic heterocycles. The first-order chi connectivity index (χ1) is 20.2. The highest BCUT2D eigenvalue weighted by molar-refractivity contribution is 5.91. The number of rotatable bonds is 8. The van der Waals surface area contributed by atoms with E-state index < -0.39 is 12.1 Å². The SMILES string of the molecule is CC/C(C)=C(C)\C=C(/C)c1oc(-c2ccccc2)nc1CN1CCC2(CC1)COC(=O)N(c1ccc(C(=O)O)cc1)C2. The highest BCUT2D eigenvalue weighted by Crippen LogP contribution is 2.38. The highest BCUT2D eigenvalue weighted by Gasteiger charge is 2.43. The molecular formula is C34H39N3O5. The van der Waals surface area contributed by atoms with Gasteiger partial charge in [-0.05, 0) is 95.1 Å². The zero-order valence-corrected chi connectivity index (χ0v) is 24.9. The van der Waals surface area contributed by atoms with Gasteiger partial charge in [-0.1, -0.05) is 42.3 Å². The van der Waals surface area contributed by atoms with E-state index in [4.69, 9.17) is 14.1 Å². The Kier molecular flexibility index (Phi) is 8.64. The predicted molar refractivity (Wildman–Crippen MR) is 163 cm³/mol. The van der Waals surface area contributed by atoms with Crippen molar-refractivity contribution in [1.29, 1.82) is 0 Å². The summed E-state index contributed by atoms with van der Waals surface area (Å²) in [4.78, 5) is 32.9. The van der Waals surface area contributed by atoms with Crippen molar-refractivity contribution in [2.75, 3.05) is 31.1 Å². The summed E-state index contributed by atoms with van der Waals surface area (Å²) in [5, 5.41) is 9.22. The van der Waals surface area contributed by atoms with Gasteiger partial charge in [0, 0.05) is 29.8 Å². The topological polar surface area (TPSA) is 96.1 Å². The highest BCUT2D eigenvalue weighted by atomic mass is 16.6. The van der Waals surface area contributed by atoms with Crippen LogP contribution in [-0.2, 0) is 11.3 Å². The molecule has 1 N–H and O–H groups in total. The minimum absolute atomic E-state index is 0.160. The van der Waals surface area contributed by atoms with Gasteiger partial charge in [-0.15, -0.1) is 0 Å². The van der Waals surface area contributed by atoms with Gasteiger partial charge in [0.05, 0.1) is 5.56 Å². The minimum Gasteiger partial charge on any atom is -0.478 e. The Hall–Kier alpha value is -4.17. The molecule has 0 atom stereocenters. The molecule has 0 radical (unpaired) electrons. The summed E-state index contributed by atoms with van der Waals surface area (Å²) in [6.07, 6.45) is 4.54. The number of ether oxygens (including phenoxy) is 1. The number of oxazole rings is 1. The van der Waals surface area contributed by atoms with Gasteiger partial charge in [-0.2, -0.15) is 0 Å². The van der Waals surface area contributed by atoms with Crippen molar-refractivity contribution in [3.63, 3.8) is 0 Å². The van der Waals surface area contributed by atoms with Crippen LogP contribution in [0.5, 0.6) is 0 Å². The summed E-state index contributed by atoms with van der Waals surface area (Å²) in [7, 11) is 0. The van der Waals surface area contributed by atoms with Crippen LogP contribution in [0.15, 0.2) is 76.2 Å². The summed E-state index contributed by atoms with van der Waals surface area (Å²) < 4.78 is 12.0. The maximum Gasteiger partial charge on any atom is 0.414 e. The molecule has 2 aliphatic rings. The number of hydrogen-bond donors (Lipinski definition) is 1. The normalized spacial score (nSPS) is 18.1. The summed E-state index contributed by atoms with van der Waals surface area (Å²) in [5.74, 6) is 0.450. The molecule has 1 aromatic heterocycles. The molecule has 8 heteroatoms. The minimum atomic E-state index is -0.994. The number of cyclic esters (lactones) is 1. The summed E-state index contributed by atoms with van der Waals surface area (Å²) in [5.41, 5.74) is 6.20. The molecule has 1 spiro atoms. The second-order valence-electron chi connectivity index (χ2n) is 11.6. The molecule has 220 valence electrons. The van der Waals surface area contributed by atoms with Crippen LogP contribution in [0.4, 0.5) is 10.5 Å². The van der Waals surface area contributed by atoms with E-state index in [0.717, 1.165) is 54.9 Å². The van der Waals surface area contributed by atoms with Crippen LogP contribution in [-0.4, -0.2) is 53.3 Å². The first-order valence-corrected chi connectivity index (χ1v) is 14.6. The van der Waals surface area contributed by atoms with Crippen LogP contribution in [0.2, 0.25) is 0 Å². The number of aromatic nitrogens is 1. The number of carboxylic acid groups (broad SMARTS) is 1. The lowest BCUT2D eigenvalue weighted by Crippen LogP contribution is -2.54. The van der Waals surface area contributed by atoms with Gasteiger partial charge >= 0.3 is 12.1 Å². The Morgan fingerprint density at radius 3 is 2.38 bits per heavy atom. The van der Waals surface area contributed by atoms with Crippen molar-refractivity contribution in [2.45, 2.75) is 53.5 Å². The standard InChI is InChI=1S/C34H39N3O5/c1-5-23(2)24(3)19-25(4)30-29(35-31(42-30)26-9-7-6-8-10-26)20-36-17-15-34(16-18-36)21-37(33(40)41-22-34)28-13-11-27(12-14-28)32(38)39/h6-14,19H,5,15-18,20-22H2,1-4H3,(H,38,39)/b24-23-,25-19+. The molecule has 2 aromatic carbocycles. The molecule has 0 aliphatic carbocycles. The van der Waals surface area contributed by atoms with Crippen LogP contribution in [0.3, 0.4) is 0 Å². The predicted octanol–water partition coefficient (Wildman–Crippen LogP) is 7.43. The lowest BCUT2D eigenvalue weighted by Gasteiger charge is -2.46. The van der Waals surface area contributed by atoms with Crippen LogP contribution < -0.4 is 4.90 Å². The monoisotopic (exact) mass is 569 g/mol. The van der Waals surface area contributed by atoms with E-state index in [0.29, 0.717) is 31.3 Å². The van der Waals surface area contributed by atoms with Crippen LogP contribution >= 0.6 is 0 Å². The number of likely N-dealkylation sites (tertiary alicyclic amines) is 1. The Morgan fingerprint density at radius 1 is 1.05 bits per heavy atom. The van der Waals surface area contributed by atoms with Gasteiger partial charge in [-0.3, -0.25) is 9.80 Å². The van der Waals surface area contributed by atoms with Crippen molar-refractivity contribution in [1.82, 2.24) is 9.88 Å². The summed E-state index contributed by atoms with van der Waals surface area (Å²) >= 11 is 0. The van der Waals surface area contributed by atoms with Crippen molar-refractivity contribution >= 4 is 23.3 Å². The molecule has 3 aromatic rings. The number of carbonyl (C=O) groups is 2. The number of carbonyl (C=O) groups excluding carboxylic acids is 1. The number of benzene rings is 2. The van der Waals surface area contributed by atoms with E-state index in [-0.39, 0.29) is 11.0 Å². The Balaban J connectivity index is 1.32. The molecule has 2 saturated heterocycles. The molecule has 42 heavy (non-hydrogen) atoms. The number of hydrogen-bond acceptors (Lipinski definition) is 6. The Morgan fingerprint density at radius 2 is 1.74 bits per heavy atom. The number of piperidine rings is 1. The van der Waals surface area contributed by atoms with Crippen molar-refractivity contribution in [3.8, 4) is 11.5 Å². The van der Waals surface area contributed by atoms with Gasteiger partial charge in [0.15, 0.2) is 5.76 Å². The quantitative estimate of drug-likeness (QED) is 0.282. The van der Waals surface area contributed by atoms with Crippen LogP contribution in [0.1, 0.15) is 68.8 Å². The lowest BCUT2D eigenvalue weighted by molar-refractivity contribution is 0.0145. The molecule has 3 heterocycles. The fourth-order valence-electron chi connectivity index (χ4n) is 5.68. The summed E-state index contributed by atoms with van der Waals surface area (Å²) in [6, 6.07) is 16.4. The number of amides is 1. The maximum atomic E-state index is 12.7. The molecule has 2 fully saturated rings. The van der Waals surface area contributed by atoms with Gasteiger partial charge in [-0.25, -0.2) is 14.6 Å². The van der Waals surface area contributed by atoms with Crippen molar-refractivity contribution in [2.24, 2.45) is 5.41 Å². The van der Waals surface area contributed by atoms with Crippen LogP contribution in [0, 0.1) is 5.41 Å². The van der Waals surface area contributed by atoms with Gasteiger partial charge in [0.1, 0.15) is 12.3 Å². The van der Waals surface area contributed by atoms with E-state index in [1.54, 1.807) is 17.0 Å². The van der Waals surface area contributed by atoms with E-state index in [1.165, 1.54) is 23.3 Å². The first-order valence-electron chi connectivity index (χ1n) is 14.6. The largest absolute Gasteiger partial charge is 0.478 e. The Labute approximate surface area is 247 Å². The van der Waals surface area contributed by atoms with E-state index >= 15 is 0 Å². The third-order valence-electron chi connectivity index (χ3n) is 8.64. The van der Waals surface area contributed by atoms with Gasteiger partial charge in [0.25, 0.3) is 0 Å². The van der Waals surface area contributed by atoms with E-state index in [1.807, 2.05) is 30.3 Å². The Bertz CT molecular complexity index is 1500. The third-order valence-corrected chi connectivity index (χ3v) is 8.64. The molecule has 1 amide bonds. The summed E-state index contributed by atoms with van der Waals surface area (Å²) in [6.45, 7) is 11.8. The first kappa shape index (κ1) is 29.3. The van der Waals surface area contributed by atoms with Crippen molar-refractivity contribution < 1.29 is 23.8 Å². The van der Waals surface area contributed by atoms with E-state index in [2.05, 4.69) is 38.7 Å². The smallest absolute Gasteiger partial charge is 0.414 e. The van der Waals surface area contributed by atoms with E-state index in [9.17, 15) is 14.7 Å². The number of allylic oxidation sites excluding steroid dienone is 4. The number of aromatic carboxylic acids is 1. The second-order valence-corrected chi connectivity index (χ2v) is 11.6. The second kappa shape index (κ2) is 12.4.